The van der Waals surface area contributed by atoms with E-state index in [1.165, 1.54) is 0 Å². The van der Waals surface area contributed by atoms with Crippen LogP contribution in [0.15, 0.2) is 24.3 Å². The number of amides is 1. The zero-order valence-corrected chi connectivity index (χ0v) is 23.8. The van der Waals surface area contributed by atoms with Crippen molar-refractivity contribution in [2.24, 2.45) is 22.7 Å². The van der Waals surface area contributed by atoms with Crippen LogP contribution in [-0.4, -0.2) is 97.3 Å². The minimum atomic E-state index is -1.79. The maximum Gasteiger partial charge on any atom is 0.339 e. The highest BCUT2D eigenvalue weighted by Crippen LogP contribution is 2.71. The molecule has 13 heteroatoms. The van der Waals surface area contributed by atoms with E-state index < -0.39 is 71.6 Å². The van der Waals surface area contributed by atoms with Gasteiger partial charge in [-0.25, -0.2) is 4.79 Å². The number of carbonyl (C=O) groups excluding carboxylic acids is 2. The van der Waals surface area contributed by atoms with Crippen molar-refractivity contribution in [3.63, 3.8) is 0 Å². The molecule has 4 bridgehead atoms. The molecule has 3 unspecified atom stereocenters. The molecule has 13 nitrogen and oxygen atoms in total. The van der Waals surface area contributed by atoms with E-state index in [4.69, 9.17) is 14.2 Å². The summed E-state index contributed by atoms with van der Waals surface area (Å²) < 4.78 is 17.4. The van der Waals surface area contributed by atoms with Crippen LogP contribution in [0.3, 0.4) is 0 Å². The average Bonchev–Trinajstić information content (AvgIpc) is 3.32. The number of hydrogen-bond donors (Lipinski definition) is 7. The predicted octanol–water partition coefficient (Wildman–Crippen LogP) is 0.707. The number of hydrogen-bond acceptors (Lipinski definition) is 11. The van der Waals surface area contributed by atoms with Crippen molar-refractivity contribution in [3.8, 4) is 11.5 Å². The highest BCUT2D eigenvalue weighted by molar-refractivity contribution is 6.00. The normalized spacial score (nSPS) is 42.6. The quantitative estimate of drug-likeness (QED) is 0.205. The second-order valence-electron chi connectivity index (χ2n) is 13.1. The number of allylic oxidation sites excluding steroid dienone is 2. The fourth-order valence-corrected chi connectivity index (χ4v) is 8.47. The van der Waals surface area contributed by atoms with Crippen molar-refractivity contribution >= 4 is 23.3 Å². The molecule has 43 heavy (non-hydrogen) atoms. The van der Waals surface area contributed by atoms with Crippen molar-refractivity contribution in [1.82, 2.24) is 0 Å². The van der Waals surface area contributed by atoms with Gasteiger partial charge in [-0.15, -0.1) is 0 Å². The number of aromatic carboxylic acids is 1. The molecule has 1 spiro atoms. The molecule has 2 saturated carbocycles. The Morgan fingerprint density at radius 1 is 1.14 bits per heavy atom. The van der Waals surface area contributed by atoms with Crippen molar-refractivity contribution in [2.45, 2.75) is 88.4 Å². The SMILES string of the molecule is CC12C[C@@]34C=CC(=O)[C@@](C)(CCC(=O)Nc5c(OC6O[C@H](CO)[C@@H](O)[C@H](O)[C@H]6O)ccc(C(=O)O)c5O)C3[C@H](C[C@H]1C4)O2. The first-order valence-electron chi connectivity index (χ1n) is 14.5. The number of benzene rings is 1. The summed E-state index contributed by atoms with van der Waals surface area (Å²) in [6.45, 7) is 3.30. The van der Waals surface area contributed by atoms with Crippen molar-refractivity contribution in [3.05, 3.63) is 29.8 Å². The Morgan fingerprint density at radius 2 is 1.88 bits per heavy atom. The molecular formula is C30H37NO12. The molecule has 1 aromatic carbocycles. The molecule has 3 aliphatic carbocycles. The summed E-state index contributed by atoms with van der Waals surface area (Å²) in [5, 5.41) is 62.9. The average molecular weight is 604 g/mol. The molecule has 3 heterocycles. The molecule has 0 radical (unpaired) electrons. The fourth-order valence-electron chi connectivity index (χ4n) is 8.47. The van der Waals surface area contributed by atoms with E-state index in [1.54, 1.807) is 6.08 Å². The zero-order chi connectivity index (χ0) is 31.1. The lowest BCUT2D eigenvalue weighted by atomic mass is 9.51. The van der Waals surface area contributed by atoms with Crippen molar-refractivity contribution in [2.75, 3.05) is 11.9 Å². The number of nitrogens with one attached hydrogen (secondary N) is 1. The smallest absolute Gasteiger partial charge is 0.339 e. The molecule has 234 valence electrons. The first kappa shape index (κ1) is 30.0. The van der Waals surface area contributed by atoms with Gasteiger partial charge in [-0.1, -0.05) is 13.0 Å². The third-order valence-corrected chi connectivity index (χ3v) is 10.5. The summed E-state index contributed by atoms with van der Waals surface area (Å²) >= 11 is 0. The van der Waals surface area contributed by atoms with E-state index >= 15 is 0 Å². The number of carboxylic acids is 1. The van der Waals surface area contributed by atoms with Gasteiger partial charge in [0, 0.05) is 17.8 Å². The number of aliphatic hydroxyl groups is 4. The largest absolute Gasteiger partial charge is 0.505 e. The van der Waals surface area contributed by atoms with E-state index in [-0.39, 0.29) is 47.4 Å². The topological polar surface area (TPSA) is 212 Å². The lowest BCUT2D eigenvalue weighted by Gasteiger charge is -2.55. The van der Waals surface area contributed by atoms with Crippen LogP contribution in [0.25, 0.3) is 0 Å². The van der Waals surface area contributed by atoms with Crippen molar-refractivity contribution < 1.29 is 59.2 Å². The number of anilines is 1. The summed E-state index contributed by atoms with van der Waals surface area (Å²) in [6.07, 6.45) is -1.86. The molecule has 6 aliphatic rings. The Morgan fingerprint density at radius 3 is 2.56 bits per heavy atom. The maximum absolute atomic E-state index is 13.3. The Labute approximate surface area is 247 Å². The second kappa shape index (κ2) is 10.2. The maximum atomic E-state index is 13.3. The van der Waals surface area contributed by atoms with Crippen LogP contribution in [0, 0.1) is 22.7 Å². The van der Waals surface area contributed by atoms with E-state index in [2.05, 4.69) is 12.2 Å². The van der Waals surface area contributed by atoms with Gasteiger partial charge in [-0.3, -0.25) is 9.59 Å². The van der Waals surface area contributed by atoms with Gasteiger partial charge in [0.1, 0.15) is 41.4 Å². The first-order chi connectivity index (χ1) is 20.2. The predicted molar refractivity (Wildman–Crippen MR) is 146 cm³/mol. The molecule has 1 aromatic rings. The second-order valence-corrected chi connectivity index (χ2v) is 13.1. The highest BCUT2D eigenvalue weighted by atomic mass is 16.7. The number of ketones is 1. The fraction of sp³-hybridized carbons (Fsp3) is 0.633. The van der Waals surface area contributed by atoms with Crippen LogP contribution in [-0.2, 0) is 19.1 Å². The Bertz CT molecular complexity index is 1380. The lowest BCUT2D eigenvalue weighted by Crippen LogP contribution is -2.60. The minimum Gasteiger partial charge on any atom is -0.505 e. The molecule has 7 rings (SSSR count). The standard InChI is InChI=1S/C30H37NO12/c1-28(18(33)5-8-30-10-13-9-16(25(28)30)43-29(13,2)12-30)7-6-19(34)31-20-15(4-3-14(21(20)35)26(39)40)41-27-24(38)23(37)22(36)17(11-32)42-27/h3-5,8,13,16-17,22-25,27,32,35-38H,6-7,9-12H2,1-2H3,(H,31,34)(H,39,40)/t13-,16-,17+,22+,23-,24+,25?,27?,28+,29?,30-/m0/s1. The van der Waals surface area contributed by atoms with Crippen molar-refractivity contribution in [1.29, 1.82) is 0 Å². The molecule has 3 aliphatic heterocycles. The Kier molecular flexibility index (Phi) is 7.14. The number of aliphatic hydroxyl groups excluding tert-OH is 4. The van der Waals surface area contributed by atoms with E-state index in [0.29, 0.717) is 5.92 Å². The van der Waals surface area contributed by atoms with E-state index in [0.717, 1.165) is 31.4 Å². The molecule has 1 amide bonds. The number of phenols is 1. The lowest BCUT2D eigenvalue weighted by molar-refractivity contribution is -0.277. The summed E-state index contributed by atoms with van der Waals surface area (Å²) in [4.78, 5) is 38.4. The zero-order valence-electron chi connectivity index (χ0n) is 23.8. The van der Waals surface area contributed by atoms with Gasteiger partial charge in [0.05, 0.1) is 18.3 Å². The molecular weight excluding hydrogens is 566 g/mol. The van der Waals surface area contributed by atoms with Gasteiger partial charge in [0.2, 0.25) is 12.2 Å². The summed E-state index contributed by atoms with van der Waals surface area (Å²) in [7, 11) is 0. The highest BCUT2D eigenvalue weighted by Gasteiger charge is 2.71. The number of ether oxygens (including phenoxy) is 3. The summed E-state index contributed by atoms with van der Waals surface area (Å²) in [5.41, 5.74) is -2.21. The van der Waals surface area contributed by atoms with Crippen LogP contribution in [0.2, 0.25) is 0 Å². The molecule has 5 fully saturated rings. The van der Waals surface area contributed by atoms with Gasteiger partial charge in [-0.2, -0.15) is 0 Å². The number of carbonyl (C=O) groups is 3. The number of aromatic hydroxyl groups is 1. The van der Waals surface area contributed by atoms with Gasteiger partial charge in [0.25, 0.3) is 0 Å². The van der Waals surface area contributed by atoms with Crippen LogP contribution >= 0.6 is 0 Å². The molecule has 0 aromatic heterocycles. The third kappa shape index (κ3) is 4.56. The van der Waals surface area contributed by atoms with Crippen LogP contribution in [0.5, 0.6) is 11.5 Å². The van der Waals surface area contributed by atoms with Crippen LogP contribution in [0.4, 0.5) is 5.69 Å². The molecule has 3 saturated heterocycles. The summed E-state index contributed by atoms with van der Waals surface area (Å²) in [6, 6.07) is 2.15. The monoisotopic (exact) mass is 603 g/mol. The van der Waals surface area contributed by atoms with Gasteiger partial charge in [-0.05, 0) is 62.1 Å². The van der Waals surface area contributed by atoms with Gasteiger partial charge < -0.3 is 50.2 Å². The van der Waals surface area contributed by atoms with Crippen LogP contribution in [0.1, 0.15) is 56.3 Å². The van der Waals surface area contributed by atoms with Gasteiger partial charge >= 0.3 is 5.97 Å². The Hall–Kier alpha value is -3.07. The number of carboxylic acid groups (broad SMARTS) is 1. The first-order valence-corrected chi connectivity index (χ1v) is 14.5. The third-order valence-electron chi connectivity index (χ3n) is 10.5. The number of rotatable bonds is 8. The Balaban J connectivity index is 1.22. The van der Waals surface area contributed by atoms with Crippen LogP contribution < -0.4 is 10.1 Å². The van der Waals surface area contributed by atoms with E-state index in [9.17, 15) is 45.0 Å². The van der Waals surface area contributed by atoms with Gasteiger partial charge in [0.15, 0.2) is 11.5 Å². The molecule has 11 atom stereocenters. The summed E-state index contributed by atoms with van der Waals surface area (Å²) in [5.74, 6) is -2.97. The van der Waals surface area contributed by atoms with E-state index in [1.807, 2.05) is 13.0 Å². The minimum absolute atomic E-state index is 0.0826. The molecule has 7 N–H and O–H groups in total.